The van der Waals surface area contributed by atoms with Gasteiger partial charge in [0.1, 0.15) is 0 Å². The highest BCUT2D eigenvalue weighted by atomic mass is 35.5. The van der Waals surface area contributed by atoms with Gasteiger partial charge in [-0.2, -0.15) is 0 Å². The molecule has 3 aromatic heterocycles. The molecule has 0 atom stereocenters. The molecule has 0 aliphatic heterocycles. The molecule has 0 unspecified atom stereocenters. The minimum atomic E-state index is -0.344. The highest BCUT2D eigenvalue weighted by Gasteiger charge is 2.21. The lowest BCUT2D eigenvalue weighted by Crippen LogP contribution is -2.08. The Morgan fingerprint density at radius 3 is 2.93 bits per heavy atom. The summed E-state index contributed by atoms with van der Waals surface area (Å²) in [6.45, 7) is 2.09. The van der Waals surface area contributed by atoms with Crippen molar-refractivity contribution in [2.45, 2.75) is 13.3 Å². The molecule has 5 nitrogen and oxygen atoms in total. The van der Waals surface area contributed by atoms with Crippen LogP contribution >= 0.6 is 22.9 Å². The van der Waals surface area contributed by atoms with E-state index in [4.69, 9.17) is 20.8 Å². The fourth-order valence-electron chi connectivity index (χ4n) is 2.78. The second kappa shape index (κ2) is 7.50. The van der Waals surface area contributed by atoms with E-state index < -0.39 is 0 Å². The third kappa shape index (κ3) is 3.72. The van der Waals surface area contributed by atoms with Crippen LogP contribution in [0.3, 0.4) is 0 Å². The maximum Gasteiger partial charge on any atom is 0.312 e. The Bertz CT molecular complexity index is 1120. The van der Waals surface area contributed by atoms with Gasteiger partial charge in [-0.25, -0.2) is 4.98 Å². The monoisotopic (exact) mass is 398 g/mol. The molecule has 7 heteroatoms. The van der Waals surface area contributed by atoms with Gasteiger partial charge in [-0.3, -0.25) is 9.78 Å². The molecule has 27 heavy (non-hydrogen) atoms. The average molecular weight is 399 g/mol. The molecule has 0 bridgehead atoms. The molecule has 0 radical (unpaired) electrons. The third-order valence-electron chi connectivity index (χ3n) is 3.96. The zero-order chi connectivity index (χ0) is 18.8. The van der Waals surface area contributed by atoms with Crippen molar-refractivity contribution < 1.29 is 13.9 Å². The summed E-state index contributed by atoms with van der Waals surface area (Å²) < 4.78 is 11.7. The van der Waals surface area contributed by atoms with Crippen molar-refractivity contribution in [2.24, 2.45) is 0 Å². The first-order chi connectivity index (χ1) is 13.1. The van der Waals surface area contributed by atoms with E-state index in [2.05, 4.69) is 9.97 Å². The number of nitrogens with zero attached hydrogens (tertiary/aromatic N) is 2. The van der Waals surface area contributed by atoms with Crippen molar-refractivity contribution in [2.75, 3.05) is 6.61 Å². The van der Waals surface area contributed by atoms with E-state index >= 15 is 0 Å². The molecule has 1 aromatic carbocycles. The van der Waals surface area contributed by atoms with Crippen molar-refractivity contribution >= 4 is 39.8 Å². The van der Waals surface area contributed by atoms with E-state index in [1.165, 1.54) is 11.3 Å². The van der Waals surface area contributed by atoms with E-state index in [0.717, 1.165) is 21.3 Å². The van der Waals surface area contributed by atoms with Crippen molar-refractivity contribution in [1.82, 2.24) is 9.97 Å². The molecule has 136 valence electrons. The molecule has 4 rings (SSSR count). The van der Waals surface area contributed by atoms with Crippen LogP contribution in [0.1, 0.15) is 12.6 Å². The number of hydrogen-bond donors (Lipinski definition) is 0. The summed E-state index contributed by atoms with van der Waals surface area (Å²) in [6.07, 6.45) is 1.79. The Kier molecular flexibility index (Phi) is 4.92. The summed E-state index contributed by atoms with van der Waals surface area (Å²) in [6, 6.07) is 13.3. The molecule has 0 aliphatic carbocycles. The van der Waals surface area contributed by atoms with Crippen LogP contribution < -0.4 is 0 Å². The largest absolute Gasteiger partial charge is 0.466 e. The Hall–Kier alpha value is -2.70. The molecule has 4 aromatic rings. The number of thiophene rings is 1. The first kappa shape index (κ1) is 17.7. The number of rotatable bonds is 5. The Balaban J connectivity index is 1.78. The normalized spacial score (nSPS) is 11.0. The predicted octanol–water partition coefficient (Wildman–Crippen LogP) is 5.38. The average Bonchev–Trinajstić information content (AvgIpc) is 3.27. The highest BCUT2D eigenvalue weighted by molar-refractivity contribution is 7.19. The van der Waals surface area contributed by atoms with Gasteiger partial charge in [-0.15, -0.1) is 11.3 Å². The number of fused-ring (bicyclic) bond motifs is 1. The molecule has 0 saturated carbocycles. The van der Waals surface area contributed by atoms with Crippen LogP contribution in [-0.2, 0) is 16.0 Å². The van der Waals surface area contributed by atoms with Gasteiger partial charge in [0.2, 0.25) is 5.89 Å². The van der Waals surface area contributed by atoms with Crippen molar-refractivity contribution in [1.29, 1.82) is 0 Å². The molecular formula is C20H15ClN2O3S. The minimum Gasteiger partial charge on any atom is -0.466 e. The third-order valence-corrected chi connectivity index (χ3v) is 5.19. The smallest absolute Gasteiger partial charge is 0.312 e. The summed E-state index contributed by atoms with van der Waals surface area (Å²) in [5, 5.41) is 0.987. The summed E-state index contributed by atoms with van der Waals surface area (Å²) in [5.41, 5.74) is 2.24. The van der Waals surface area contributed by atoms with E-state index in [9.17, 15) is 4.79 Å². The van der Waals surface area contributed by atoms with Gasteiger partial charge >= 0.3 is 5.97 Å². The second-order valence-corrected chi connectivity index (χ2v) is 7.51. The topological polar surface area (TPSA) is 65.2 Å². The van der Waals surface area contributed by atoms with Crippen LogP contribution in [0.25, 0.3) is 33.0 Å². The summed E-state index contributed by atoms with van der Waals surface area (Å²) >= 11 is 7.44. The van der Waals surface area contributed by atoms with E-state index in [1.807, 2.05) is 36.4 Å². The van der Waals surface area contributed by atoms with E-state index in [0.29, 0.717) is 28.3 Å². The number of ether oxygens (including phenoxy) is 1. The van der Waals surface area contributed by atoms with Gasteiger partial charge in [0, 0.05) is 17.1 Å². The van der Waals surface area contributed by atoms with Gasteiger partial charge in [0.05, 0.1) is 33.5 Å². The summed E-state index contributed by atoms with van der Waals surface area (Å²) in [7, 11) is 0. The van der Waals surface area contributed by atoms with Crippen molar-refractivity contribution in [3.05, 3.63) is 58.7 Å². The number of pyridine rings is 1. The predicted molar refractivity (Wildman–Crippen MR) is 106 cm³/mol. The van der Waals surface area contributed by atoms with Crippen LogP contribution in [0.4, 0.5) is 0 Å². The van der Waals surface area contributed by atoms with Crippen molar-refractivity contribution in [3.63, 3.8) is 0 Å². The number of halogens is 1. The molecule has 0 spiro atoms. The number of aromatic nitrogens is 2. The first-order valence-corrected chi connectivity index (χ1v) is 9.59. The molecule has 3 heterocycles. The molecule has 0 amide bonds. The first-order valence-electron chi connectivity index (χ1n) is 8.40. The maximum atomic E-state index is 12.0. The van der Waals surface area contributed by atoms with E-state index in [-0.39, 0.29) is 12.4 Å². The van der Waals surface area contributed by atoms with Crippen LogP contribution in [0, 0.1) is 0 Å². The standard InChI is InChI=1S/C20H15ClN2O3S/c1-2-25-18(24)11-15-19(16-7-8-17(21)27-16)26-20(23-15)13-5-6-14-12(10-13)4-3-9-22-14/h3-10H,2,11H2,1H3. The summed E-state index contributed by atoms with van der Waals surface area (Å²) in [4.78, 5) is 21.7. The van der Waals surface area contributed by atoms with Gasteiger partial charge in [0.15, 0.2) is 5.76 Å². The Morgan fingerprint density at radius 1 is 1.26 bits per heavy atom. The number of carbonyl (C=O) groups is 1. The lowest BCUT2D eigenvalue weighted by Gasteiger charge is -2.00. The van der Waals surface area contributed by atoms with Crippen LogP contribution in [0.5, 0.6) is 0 Å². The van der Waals surface area contributed by atoms with E-state index in [1.54, 1.807) is 19.2 Å². The van der Waals surface area contributed by atoms with Crippen molar-refractivity contribution in [3.8, 4) is 22.1 Å². The quantitative estimate of drug-likeness (QED) is 0.422. The number of benzene rings is 1. The maximum absolute atomic E-state index is 12.0. The fraction of sp³-hybridized carbons (Fsp3) is 0.150. The molecule has 0 fully saturated rings. The van der Waals surface area contributed by atoms with Gasteiger partial charge in [-0.05, 0) is 43.3 Å². The zero-order valence-electron chi connectivity index (χ0n) is 14.4. The van der Waals surface area contributed by atoms with Crippen LogP contribution in [0.15, 0.2) is 53.1 Å². The van der Waals surface area contributed by atoms with Crippen LogP contribution in [-0.4, -0.2) is 22.5 Å². The Labute approximate surface area is 164 Å². The zero-order valence-corrected chi connectivity index (χ0v) is 16.0. The van der Waals surface area contributed by atoms with Crippen LogP contribution in [0.2, 0.25) is 4.34 Å². The van der Waals surface area contributed by atoms with Gasteiger partial charge < -0.3 is 9.15 Å². The number of hydrogen-bond acceptors (Lipinski definition) is 6. The molecule has 0 aliphatic rings. The van der Waals surface area contributed by atoms with Gasteiger partial charge in [-0.1, -0.05) is 17.7 Å². The Morgan fingerprint density at radius 2 is 2.15 bits per heavy atom. The molecule has 0 saturated heterocycles. The SMILES string of the molecule is CCOC(=O)Cc1nc(-c2ccc3ncccc3c2)oc1-c1ccc(Cl)s1. The highest BCUT2D eigenvalue weighted by Crippen LogP contribution is 2.36. The minimum absolute atomic E-state index is 0.0390. The fourth-order valence-corrected chi connectivity index (χ4v) is 3.83. The van der Waals surface area contributed by atoms with Gasteiger partial charge in [0.25, 0.3) is 0 Å². The summed E-state index contributed by atoms with van der Waals surface area (Å²) in [5.74, 6) is 0.643. The second-order valence-electron chi connectivity index (χ2n) is 5.79. The lowest BCUT2D eigenvalue weighted by atomic mass is 10.1. The lowest BCUT2D eigenvalue weighted by molar-refractivity contribution is -0.142. The number of carbonyl (C=O) groups excluding carboxylic acids is 1. The molecular weight excluding hydrogens is 384 g/mol. The number of esters is 1. The number of oxazole rings is 1. The molecule has 0 N–H and O–H groups in total.